The number of aldehydes is 1. The molecule has 0 spiro atoms. The van der Waals surface area contributed by atoms with Crippen LogP contribution in [-0.2, 0) is 28.8 Å². The Morgan fingerprint density at radius 1 is 0.567 bits per heavy atom. The van der Waals surface area contributed by atoms with Gasteiger partial charge in [-0.1, -0.05) is 0 Å². The van der Waals surface area contributed by atoms with Crippen molar-refractivity contribution in [3.8, 4) is 0 Å². The topological polar surface area (TPSA) is 189 Å². The molecular formula is C18H32N6O6. The summed E-state index contributed by atoms with van der Waals surface area (Å²) in [6.45, 7) is 8.64. The van der Waals surface area contributed by atoms with Crippen LogP contribution in [0.2, 0.25) is 0 Å². The number of nitrogens with one attached hydrogen (secondary N) is 5. The van der Waals surface area contributed by atoms with Crippen LogP contribution in [0.5, 0.6) is 0 Å². The highest BCUT2D eigenvalue weighted by molar-refractivity contribution is 5.95. The largest absolute Gasteiger partial charge is 0.345 e. The number of carbonyl (C=O) groups excluding carboxylic acids is 6. The van der Waals surface area contributed by atoms with Gasteiger partial charge in [0.15, 0.2) is 0 Å². The van der Waals surface area contributed by atoms with Crippen LogP contribution < -0.4 is 32.3 Å². The third kappa shape index (κ3) is 9.45. The fourth-order valence-corrected chi connectivity index (χ4v) is 2.01. The van der Waals surface area contributed by atoms with Crippen LogP contribution in [0.4, 0.5) is 0 Å². The van der Waals surface area contributed by atoms with Gasteiger partial charge in [-0.25, -0.2) is 0 Å². The molecule has 0 saturated heterocycles. The molecule has 0 rings (SSSR count). The van der Waals surface area contributed by atoms with Gasteiger partial charge in [-0.05, 0) is 41.5 Å². The molecule has 0 heterocycles. The fourth-order valence-electron chi connectivity index (χ4n) is 2.01. The number of amides is 5. The lowest BCUT2D eigenvalue weighted by Gasteiger charge is -2.22. The van der Waals surface area contributed by atoms with E-state index in [2.05, 4.69) is 26.6 Å². The predicted octanol–water partition coefficient (Wildman–Crippen LogP) is -2.94. The average Bonchev–Trinajstić information content (AvgIpc) is 2.66. The molecule has 0 aliphatic heterocycles. The van der Waals surface area contributed by atoms with Gasteiger partial charge in [0.05, 0.1) is 12.1 Å². The van der Waals surface area contributed by atoms with Crippen molar-refractivity contribution < 1.29 is 28.8 Å². The maximum atomic E-state index is 12.2. The first-order valence-electron chi connectivity index (χ1n) is 9.52. The Kier molecular flexibility index (Phi) is 11.3. The van der Waals surface area contributed by atoms with Crippen LogP contribution in [0.25, 0.3) is 0 Å². The van der Waals surface area contributed by atoms with Gasteiger partial charge in [0, 0.05) is 0 Å². The maximum absolute atomic E-state index is 12.2. The Labute approximate surface area is 175 Å². The Morgan fingerprint density at radius 2 is 0.833 bits per heavy atom. The van der Waals surface area contributed by atoms with Crippen molar-refractivity contribution >= 4 is 35.8 Å². The van der Waals surface area contributed by atoms with Crippen molar-refractivity contribution in [1.29, 1.82) is 0 Å². The van der Waals surface area contributed by atoms with Gasteiger partial charge in [-0.2, -0.15) is 0 Å². The number of rotatable bonds is 11. The van der Waals surface area contributed by atoms with Crippen molar-refractivity contribution in [3.63, 3.8) is 0 Å². The second kappa shape index (κ2) is 12.5. The summed E-state index contributed by atoms with van der Waals surface area (Å²) in [6.07, 6.45) is 0.549. The van der Waals surface area contributed by atoms with Crippen LogP contribution in [0.1, 0.15) is 41.5 Å². The third-order valence-corrected chi connectivity index (χ3v) is 4.00. The first-order valence-corrected chi connectivity index (χ1v) is 9.52. The molecule has 12 heteroatoms. The summed E-state index contributed by atoms with van der Waals surface area (Å²) in [4.78, 5) is 70.4. The van der Waals surface area contributed by atoms with E-state index < -0.39 is 65.8 Å². The second-order valence-electron chi connectivity index (χ2n) is 7.14. The minimum Gasteiger partial charge on any atom is -0.345 e. The normalized spacial score (nSPS) is 16.5. The monoisotopic (exact) mass is 428 g/mol. The molecule has 7 N–H and O–H groups in total. The molecular weight excluding hydrogens is 396 g/mol. The fraction of sp³-hybridized carbons (Fsp3) is 0.667. The van der Waals surface area contributed by atoms with Crippen molar-refractivity contribution in [2.75, 3.05) is 0 Å². The van der Waals surface area contributed by atoms with Crippen molar-refractivity contribution in [2.45, 2.75) is 77.8 Å². The molecule has 5 amide bonds. The Balaban J connectivity index is 4.60. The Morgan fingerprint density at radius 3 is 1.10 bits per heavy atom. The van der Waals surface area contributed by atoms with Gasteiger partial charge < -0.3 is 37.1 Å². The zero-order valence-electron chi connectivity index (χ0n) is 18.1. The molecule has 0 unspecified atom stereocenters. The molecule has 0 aromatic rings. The van der Waals surface area contributed by atoms with Gasteiger partial charge in [0.1, 0.15) is 30.5 Å². The molecule has 0 fully saturated rings. The summed E-state index contributed by atoms with van der Waals surface area (Å²) < 4.78 is 0. The summed E-state index contributed by atoms with van der Waals surface area (Å²) in [5.41, 5.74) is 5.41. The molecule has 0 aromatic carbocycles. The van der Waals surface area contributed by atoms with Crippen molar-refractivity contribution in [2.24, 2.45) is 5.73 Å². The highest BCUT2D eigenvalue weighted by Crippen LogP contribution is 1.93. The first-order chi connectivity index (χ1) is 13.8. The van der Waals surface area contributed by atoms with E-state index in [0.717, 1.165) is 0 Å². The van der Waals surface area contributed by atoms with Crippen LogP contribution in [0, 0.1) is 0 Å². The highest BCUT2D eigenvalue weighted by Gasteiger charge is 2.25. The molecule has 0 aromatic heterocycles. The average molecular weight is 428 g/mol. The molecule has 0 aliphatic rings. The minimum atomic E-state index is -0.995. The van der Waals surface area contributed by atoms with Gasteiger partial charge in [-0.15, -0.1) is 0 Å². The molecule has 170 valence electrons. The standard InChI is InChI=1S/C18H32N6O6/c1-8(7-25)20-15(27)10(3)22-17(29)12(5)24-18(30)13(6)23-16(28)11(4)21-14(26)9(2)19/h7-13H,19H2,1-6H3,(H,20,27)(H,21,26)(H,22,29)(H,23,28)(H,24,30)/t8-,9-,10-,11-,12-,13-/m0/s1. The van der Waals surface area contributed by atoms with Gasteiger partial charge >= 0.3 is 0 Å². The van der Waals surface area contributed by atoms with E-state index in [4.69, 9.17) is 5.73 Å². The number of carbonyl (C=O) groups is 6. The second-order valence-corrected chi connectivity index (χ2v) is 7.14. The number of hydrogen-bond donors (Lipinski definition) is 6. The highest BCUT2D eigenvalue weighted by atomic mass is 16.2. The smallest absolute Gasteiger partial charge is 0.242 e. The lowest BCUT2D eigenvalue weighted by molar-refractivity contribution is -0.134. The SMILES string of the molecule is C[C@H](N)C(=O)N[C@@H](C)C(=O)N[C@@H](C)C(=O)N[C@@H](C)C(=O)N[C@@H](C)C(=O)N[C@@H](C)C=O. The van der Waals surface area contributed by atoms with E-state index in [-0.39, 0.29) is 0 Å². The number of hydrogen-bond acceptors (Lipinski definition) is 7. The Hall–Kier alpha value is -3.02. The molecule has 12 nitrogen and oxygen atoms in total. The van der Waals surface area contributed by atoms with Crippen molar-refractivity contribution in [1.82, 2.24) is 26.6 Å². The van der Waals surface area contributed by atoms with Gasteiger partial charge in [0.2, 0.25) is 29.5 Å². The van der Waals surface area contributed by atoms with E-state index in [1.807, 2.05) is 0 Å². The first kappa shape index (κ1) is 27.0. The summed E-state index contributed by atoms with van der Waals surface area (Å²) in [5.74, 6) is -2.92. The third-order valence-electron chi connectivity index (χ3n) is 4.00. The maximum Gasteiger partial charge on any atom is 0.242 e. The van der Waals surface area contributed by atoms with Gasteiger partial charge in [0.25, 0.3) is 0 Å². The molecule has 30 heavy (non-hydrogen) atoms. The Bertz CT molecular complexity index is 668. The summed E-state index contributed by atoms with van der Waals surface area (Å²) in [7, 11) is 0. The summed E-state index contributed by atoms with van der Waals surface area (Å²) in [6, 6.07) is -5.30. The number of nitrogens with two attached hydrogens (primary N) is 1. The predicted molar refractivity (Wildman–Crippen MR) is 108 cm³/mol. The zero-order valence-corrected chi connectivity index (χ0v) is 18.1. The van der Waals surface area contributed by atoms with Crippen molar-refractivity contribution in [3.05, 3.63) is 0 Å². The van der Waals surface area contributed by atoms with E-state index in [0.29, 0.717) is 6.29 Å². The van der Waals surface area contributed by atoms with Crippen LogP contribution >= 0.6 is 0 Å². The van der Waals surface area contributed by atoms with Crippen LogP contribution in [0.3, 0.4) is 0 Å². The lowest BCUT2D eigenvalue weighted by atomic mass is 10.2. The molecule has 0 saturated carbocycles. The molecule has 0 radical (unpaired) electrons. The zero-order chi connectivity index (χ0) is 23.6. The van der Waals surface area contributed by atoms with E-state index >= 15 is 0 Å². The van der Waals surface area contributed by atoms with E-state index in [9.17, 15) is 28.8 Å². The summed E-state index contributed by atoms with van der Waals surface area (Å²) >= 11 is 0. The summed E-state index contributed by atoms with van der Waals surface area (Å²) in [5, 5.41) is 12.0. The van der Waals surface area contributed by atoms with Gasteiger partial charge in [-0.3, -0.25) is 24.0 Å². The quantitative estimate of drug-likeness (QED) is 0.190. The molecule has 6 atom stereocenters. The van der Waals surface area contributed by atoms with E-state index in [1.165, 1.54) is 41.5 Å². The minimum absolute atomic E-state index is 0.513. The molecule has 0 bridgehead atoms. The van der Waals surface area contributed by atoms with Crippen LogP contribution in [-0.4, -0.2) is 72.1 Å². The van der Waals surface area contributed by atoms with Crippen LogP contribution in [0.15, 0.2) is 0 Å². The molecule has 0 aliphatic carbocycles. The van der Waals surface area contributed by atoms with E-state index in [1.54, 1.807) is 0 Å². The lowest BCUT2D eigenvalue weighted by Crippen LogP contribution is -2.57.